The van der Waals surface area contributed by atoms with E-state index < -0.39 is 11.7 Å². The molecule has 3 aromatic rings. The van der Waals surface area contributed by atoms with Crippen molar-refractivity contribution in [2.24, 2.45) is 0 Å². The van der Waals surface area contributed by atoms with Gasteiger partial charge in [-0.2, -0.15) is 23.4 Å². The Bertz CT molecular complexity index is 1040. The number of benzene rings is 2. The van der Waals surface area contributed by atoms with Gasteiger partial charge in [-0.05, 0) is 55.0 Å². The van der Waals surface area contributed by atoms with Crippen LogP contribution in [0.4, 0.5) is 36.3 Å². The lowest BCUT2D eigenvalue weighted by molar-refractivity contribution is -0.137. The van der Waals surface area contributed by atoms with Gasteiger partial charge in [0.25, 0.3) is 0 Å². The van der Waals surface area contributed by atoms with Crippen molar-refractivity contribution in [1.82, 2.24) is 9.97 Å². The topological polar surface area (TPSA) is 82.9 Å². The van der Waals surface area contributed by atoms with E-state index in [1.165, 1.54) is 0 Å². The van der Waals surface area contributed by atoms with E-state index in [2.05, 4.69) is 27.5 Å². The van der Waals surface area contributed by atoms with E-state index in [0.717, 1.165) is 19.0 Å². The molecular weight excluding hydrogens is 407 g/mol. The number of hydrogen-bond acceptors (Lipinski definition) is 6. The summed E-state index contributed by atoms with van der Waals surface area (Å²) >= 11 is 0. The van der Waals surface area contributed by atoms with Crippen LogP contribution < -0.4 is 15.4 Å². The van der Waals surface area contributed by atoms with Gasteiger partial charge in [-0.1, -0.05) is 13.3 Å². The van der Waals surface area contributed by atoms with Crippen molar-refractivity contribution in [3.8, 4) is 11.8 Å². The van der Waals surface area contributed by atoms with Crippen molar-refractivity contribution in [1.29, 1.82) is 5.26 Å². The summed E-state index contributed by atoms with van der Waals surface area (Å²) in [6.45, 7) is 2.64. The lowest BCUT2D eigenvalue weighted by atomic mass is 10.2. The third-order valence-corrected chi connectivity index (χ3v) is 4.25. The Hall–Kier alpha value is -3.80. The highest BCUT2D eigenvalue weighted by Crippen LogP contribution is 2.35. The molecule has 160 valence electrons. The Balaban J connectivity index is 1.81. The molecular formula is C22H20F3N5O. The Morgan fingerprint density at radius 2 is 1.65 bits per heavy atom. The zero-order valence-electron chi connectivity index (χ0n) is 16.7. The summed E-state index contributed by atoms with van der Waals surface area (Å²) in [5.41, 5.74) is 0.444. The average Bonchev–Trinajstić information content (AvgIpc) is 2.75. The number of alkyl halides is 3. The SMILES string of the molecule is CCCCOc1ccc(Nc2nc(Nc3ccc(C#N)cc3)ncc2C(F)(F)F)cc1. The number of rotatable bonds is 8. The molecule has 0 amide bonds. The molecule has 0 saturated heterocycles. The summed E-state index contributed by atoms with van der Waals surface area (Å²) in [4.78, 5) is 7.78. The number of halogens is 3. The van der Waals surface area contributed by atoms with Crippen LogP contribution in [-0.4, -0.2) is 16.6 Å². The van der Waals surface area contributed by atoms with E-state index in [4.69, 9.17) is 10.00 Å². The van der Waals surface area contributed by atoms with Gasteiger partial charge in [-0.15, -0.1) is 0 Å². The normalized spacial score (nSPS) is 10.9. The zero-order valence-corrected chi connectivity index (χ0v) is 16.7. The standard InChI is InChI=1S/C22H20F3N5O/c1-2-3-12-31-18-10-8-16(9-11-18)28-20-19(22(23,24)25)14-27-21(30-20)29-17-6-4-15(13-26)5-7-17/h4-11,14H,2-3,12H2,1H3,(H2,27,28,29,30). The third kappa shape index (κ3) is 6.09. The molecule has 0 aliphatic carbocycles. The molecule has 0 atom stereocenters. The maximum Gasteiger partial charge on any atom is 0.421 e. The molecule has 0 aliphatic heterocycles. The second kappa shape index (κ2) is 9.80. The molecule has 3 rings (SSSR count). The minimum atomic E-state index is -4.63. The smallest absolute Gasteiger partial charge is 0.421 e. The quantitative estimate of drug-likeness (QED) is 0.427. The average molecular weight is 427 g/mol. The van der Waals surface area contributed by atoms with E-state index in [1.54, 1.807) is 48.5 Å². The largest absolute Gasteiger partial charge is 0.494 e. The number of ether oxygens (including phenoxy) is 1. The molecule has 1 heterocycles. The maximum absolute atomic E-state index is 13.4. The van der Waals surface area contributed by atoms with Gasteiger partial charge in [0.05, 0.1) is 18.2 Å². The first-order valence-electron chi connectivity index (χ1n) is 9.60. The number of nitrogens with one attached hydrogen (secondary N) is 2. The lowest BCUT2D eigenvalue weighted by Crippen LogP contribution is -2.12. The second-order valence-electron chi connectivity index (χ2n) is 6.62. The minimum Gasteiger partial charge on any atom is -0.494 e. The van der Waals surface area contributed by atoms with Crippen molar-refractivity contribution in [2.75, 3.05) is 17.2 Å². The number of anilines is 4. The first-order valence-corrected chi connectivity index (χ1v) is 9.60. The van der Waals surface area contributed by atoms with Gasteiger partial charge in [0, 0.05) is 17.6 Å². The first kappa shape index (κ1) is 21.9. The fraction of sp³-hybridized carbons (Fsp3) is 0.227. The minimum absolute atomic E-state index is 0.0141. The lowest BCUT2D eigenvalue weighted by Gasteiger charge is -2.15. The molecule has 0 aliphatic rings. The van der Waals surface area contributed by atoms with Crippen molar-refractivity contribution >= 4 is 23.1 Å². The monoisotopic (exact) mass is 427 g/mol. The van der Waals surface area contributed by atoms with Crippen molar-refractivity contribution in [3.63, 3.8) is 0 Å². The first-order chi connectivity index (χ1) is 14.9. The molecule has 6 nitrogen and oxygen atoms in total. The van der Waals surface area contributed by atoms with Crippen LogP contribution in [0.15, 0.2) is 54.7 Å². The Morgan fingerprint density at radius 3 is 2.26 bits per heavy atom. The third-order valence-electron chi connectivity index (χ3n) is 4.25. The van der Waals surface area contributed by atoms with E-state index in [0.29, 0.717) is 29.3 Å². The van der Waals surface area contributed by atoms with Crippen molar-refractivity contribution in [2.45, 2.75) is 25.9 Å². The van der Waals surface area contributed by atoms with E-state index in [9.17, 15) is 13.2 Å². The van der Waals surface area contributed by atoms with Crippen LogP contribution in [0.3, 0.4) is 0 Å². The molecule has 0 unspecified atom stereocenters. The van der Waals surface area contributed by atoms with Gasteiger partial charge in [-0.3, -0.25) is 0 Å². The zero-order chi connectivity index (χ0) is 22.3. The highest BCUT2D eigenvalue weighted by molar-refractivity contribution is 5.63. The van der Waals surface area contributed by atoms with Crippen LogP contribution in [0.2, 0.25) is 0 Å². The number of aromatic nitrogens is 2. The highest BCUT2D eigenvalue weighted by Gasteiger charge is 2.35. The summed E-state index contributed by atoms with van der Waals surface area (Å²) in [6.07, 6.45) is -1.97. The van der Waals surface area contributed by atoms with Crippen LogP contribution in [0.5, 0.6) is 5.75 Å². The molecule has 2 N–H and O–H groups in total. The number of nitrogens with zero attached hydrogens (tertiary/aromatic N) is 3. The van der Waals surface area contributed by atoms with Crippen LogP contribution in [0.25, 0.3) is 0 Å². The van der Waals surface area contributed by atoms with Crippen molar-refractivity contribution in [3.05, 3.63) is 65.9 Å². The summed E-state index contributed by atoms with van der Waals surface area (Å²) in [5, 5.41) is 14.4. The fourth-order valence-electron chi connectivity index (χ4n) is 2.61. The number of nitriles is 1. The fourth-order valence-corrected chi connectivity index (χ4v) is 2.61. The predicted octanol–water partition coefficient (Wildman–Crippen LogP) is 6.03. The number of hydrogen-bond donors (Lipinski definition) is 2. The molecule has 31 heavy (non-hydrogen) atoms. The molecule has 0 saturated carbocycles. The van der Waals surface area contributed by atoms with E-state index in [1.807, 2.05) is 6.07 Å². The van der Waals surface area contributed by atoms with Crippen molar-refractivity contribution < 1.29 is 17.9 Å². The van der Waals surface area contributed by atoms with Gasteiger partial charge < -0.3 is 15.4 Å². The van der Waals surface area contributed by atoms with Crippen LogP contribution in [-0.2, 0) is 6.18 Å². The molecule has 0 bridgehead atoms. The van der Waals surface area contributed by atoms with Gasteiger partial charge in [0.1, 0.15) is 17.1 Å². The van der Waals surface area contributed by atoms with Crippen LogP contribution in [0.1, 0.15) is 30.9 Å². The molecule has 0 fully saturated rings. The highest BCUT2D eigenvalue weighted by atomic mass is 19.4. The summed E-state index contributed by atoms with van der Waals surface area (Å²) in [5.74, 6) is 0.249. The van der Waals surface area contributed by atoms with E-state index >= 15 is 0 Å². The van der Waals surface area contributed by atoms with Crippen LogP contribution >= 0.6 is 0 Å². The van der Waals surface area contributed by atoms with Crippen LogP contribution in [0, 0.1) is 11.3 Å². The maximum atomic E-state index is 13.4. The Labute approximate surface area is 177 Å². The van der Waals surface area contributed by atoms with Gasteiger partial charge in [-0.25, -0.2) is 4.98 Å². The Morgan fingerprint density at radius 1 is 1.00 bits per heavy atom. The second-order valence-corrected chi connectivity index (χ2v) is 6.62. The van der Waals surface area contributed by atoms with Gasteiger partial charge in [0.15, 0.2) is 0 Å². The molecule has 0 radical (unpaired) electrons. The molecule has 1 aromatic heterocycles. The van der Waals surface area contributed by atoms with E-state index in [-0.39, 0.29) is 11.8 Å². The molecule has 2 aromatic carbocycles. The summed E-state index contributed by atoms with van der Waals surface area (Å²) < 4.78 is 45.9. The Kier molecular flexibility index (Phi) is 6.92. The van der Waals surface area contributed by atoms with Gasteiger partial charge >= 0.3 is 6.18 Å². The summed E-state index contributed by atoms with van der Waals surface area (Å²) in [7, 11) is 0. The summed E-state index contributed by atoms with van der Waals surface area (Å²) in [6, 6.07) is 15.0. The predicted molar refractivity (Wildman–Crippen MR) is 112 cm³/mol. The molecule has 9 heteroatoms. The number of unbranched alkanes of at least 4 members (excludes halogenated alkanes) is 1. The molecule has 0 spiro atoms. The van der Waals surface area contributed by atoms with Gasteiger partial charge in [0.2, 0.25) is 5.95 Å².